The van der Waals surface area contributed by atoms with Crippen LogP contribution in [0.5, 0.6) is 11.5 Å². The number of phenols is 1. The summed E-state index contributed by atoms with van der Waals surface area (Å²) in [5.74, 6) is 0.0447. The van der Waals surface area contributed by atoms with Crippen molar-refractivity contribution in [2.24, 2.45) is 0 Å². The highest BCUT2D eigenvalue weighted by atomic mass is 16.5. The normalized spacial score (nSPS) is 15.4. The minimum atomic E-state index is -0.272. The molecule has 1 aliphatic heterocycles. The molecule has 110 valence electrons. The highest BCUT2D eigenvalue weighted by Gasteiger charge is 2.20. The van der Waals surface area contributed by atoms with Crippen LogP contribution in [0, 0.1) is 11.3 Å². The van der Waals surface area contributed by atoms with Crippen molar-refractivity contribution in [2.45, 2.75) is 0 Å². The topological polar surface area (TPSA) is 85.6 Å². The molecular formula is C15H17N3O3. The summed E-state index contributed by atoms with van der Waals surface area (Å²) in [5, 5.41) is 21.9. The molecule has 0 spiro atoms. The monoisotopic (exact) mass is 287 g/mol. The molecule has 2 N–H and O–H groups in total. The Morgan fingerprint density at radius 3 is 2.81 bits per heavy atom. The molecule has 0 unspecified atom stereocenters. The summed E-state index contributed by atoms with van der Waals surface area (Å²) in [4.78, 5) is 13.9. The van der Waals surface area contributed by atoms with Gasteiger partial charge in [0.05, 0.1) is 7.11 Å². The van der Waals surface area contributed by atoms with Gasteiger partial charge in [0.2, 0.25) is 0 Å². The molecule has 1 amide bonds. The third-order valence-electron chi connectivity index (χ3n) is 3.27. The van der Waals surface area contributed by atoms with Crippen LogP contribution in [0.1, 0.15) is 5.56 Å². The number of hydrogen-bond acceptors (Lipinski definition) is 5. The number of carbonyl (C=O) groups is 1. The van der Waals surface area contributed by atoms with Crippen molar-refractivity contribution in [1.82, 2.24) is 10.2 Å². The molecule has 0 atom stereocenters. The number of amides is 1. The summed E-state index contributed by atoms with van der Waals surface area (Å²) < 4.78 is 5.01. The number of carbonyl (C=O) groups excluding carboxylic acids is 1. The van der Waals surface area contributed by atoms with E-state index in [0.717, 1.165) is 13.1 Å². The first-order valence-corrected chi connectivity index (χ1v) is 6.64. The average molecular weight is 287 g/mol. The summed E-state index contributed by atoms with van der Waals surface area (Å²) in [6.07, 6.45) is 1.51. The molecule has 1 aliphatic rings. The second kappa shape index (κ2) is 6.77. The van der Waals surface area contributed by atoms with Crippen molar-refractivity contribution in [3.05, 3.63) is 29.3 Å². The number of nitrogens with one attached hydrogen (secondary N) is 1. The molecule has 2 rings (SSSR count). The van der Waals surface area contributed by atoms with Crippen LogP contribution in [-0.2, 0) is 4.79 Å². The van der Waals surface area contributed by atoms with Gasteiger partial charge in [0.15, 0.2) is 11.5 Å². The molecule has 1 saturated heterocycles. The van der Waals surface area contributed by atoms with E-state index in [2.05, 4.69) is 5.32 Å². The van der Waals surface area contributed by atoms with E-state index in [1.807, 2.05) is 6.07 Å². The van der Waals surface area contributed by atoms with E-state index in [4.69, 9.17) is 4.74 Å². The first-order valence-electron chi connectivity index (χ1n) is 6.64. The van der Waals surface area contributed by atoms with Crippen molar-refractivity contribution in [3.63, 3.8) is 0 Å². The van der Waals surface area contributed by atoms with Gasteiger partial charge in [-0.3, -0.25) is 4.79 Å². The number of methoxy groups -OCH3 is 1. The lowest BCUT2D eigenvalue weighted by Gasteiger charge is -2.27. The minimum absolute atomic E-state index is 0.0154. The molecule has 1 heterocycles. The van der Waals surface area contributed by atoms with Gasteiger partial charge < -0.3 is 20.1 Å². The lowest BCUT2D eigenvalue weighted by atomic mass is 10.1. The van der Waals surface area contributed by atoms with Gasteiger partial charge >= 0.3 is 0 Å². The number of nitrogens with zero attached hydrogens (tertiary/aromatic N) is 2. The molecule has 6 heteroatoms. The standard InChI is InChI=1S/C15H17N3O3/c1-21-14-9-11(2-3-13(14)19)8-12(10-16)15(20)18-6-4-17-5-7-18/h2-3,8-9,17,19H,4-7H2,1H3. The Hall–Kier alpha value is -2.52. The minimum Gasteiger partial charge on any atom is -0.504 e. The lowest BCUT2D eigenvalue weighted by Crippen LogP contribution is -2.46. The molecule has 21 heavy (non-hydrogen) atoms. The van der Waals surface area contributed by atoms with Crippen molar-refractivity contribution in [2.75, 3.05) is 33.3 Å². The molecule has 1 aromatic rings. The predicted molar refractivity (Wildman–Crippen MR) is 77.7 cm³/mol. The fourth-order valence-corrected chi connectivity index (χ4v) is 2.13. The summed E-state index contributed by atoms with van der Waals surface area (Å²) in [5.41, 5.74) is 0.703. The van der Waals surface area contributed by atoms with Gasteiger partial charge in [-0.15, -0.1) is 0 Å². The summed E-state index contributed by atoms with van der Waals surface area (Å²) in [6.45, 7) is 2.66. The Balaban J connectivity index is 2.24. The molecule has 1 fully saturated rings. The SMILES string of the molecule is COc1cc(C=C(C#N)C(=O)N2CCNCC2)ccc1O. The average Bonchev–Trinajstić information content (AvgIpc) is 2.54. The van der Waals surface area contributed by atoms with Crippen LogP contribution in [0.3, 0.4) is 0 Å². The van der Waals surface area contributed by atoms with E-state index in [-0.39, 0.29) is 17.2 Å². The van der Waals surface area contributed by atoms with Crippen LogP contribution >= 0.6 is 0 Å². The molecule has 0 saturated carbocycles. The largest absolute Gasteiger partial charge is 0.504 e. The van der Waals surface area contributed by atoms with E-state index in [9.17, 15) is 15.2 Å². The number of hydrogen-bond donors (Lipinski definition) is 2. The maximum absolute atomic E-state index is 12.3. The number of aromatic hydroxyl groups is 1. The predicted octanol–water partition coefficient (Wildman–Crippen LogP) is 0.740. The zero-order chi connectivity index (χ0) is 15.2. The summed E-state index contributed by atoms with van der Waals surface area (Å²) in [7, 11) is 1.44. The summed E-state index contributed by atoms with van der Waals surface area (Å²) >= 11 is 0. The second-order valence-electron chi connectivity index (χ2n) is 4.64. The summed E-state index contributed by atoms with van der Waals surface area (Å²) in [6, 6.07) is 6.62. The molecule has 0 radical (unpaired) electrons. The number of rotatable bonds is 3. The maximum atomic E-state index is 12.3. The Kier molecular flexibility index (Phi) is 4.80. The van der Waals surface area contributed by atoms with E-state index in [1.165, 1.54) is 19.3 Å². The van der Waals surface area contributed by atoms with Gasteiger partial charge in [-0.05, 0) is 23.8 Å². The van der Waals surface area contributed by atoms with E-state index in [1.54, 1.807) is 17.0 Å². The third-order valence-corrected chi connectivity index (χ3v) is 3.27. The Morgan fingerprint density at radius 2 is 2.19 bits per heavy atom. The highest BCUT2D eigenvalue weighted by molar-refractivity contribution is 6.01. The van der Waals surface area contributed by atoms with Crippen molar-refractivity contribution in [3.8, 4) is 17.6 Å². The Bertz CT molecular complexity index is 599. The van der Waals surface area contributed by atoms with Crippen LogP contribution in [0.2, 0.25) is 0 Å². The van der Waals surface area contributed by atoms with Crippen LogP contribution in [0.4, 0.5) is 0 Å². The zero-order valence-corrected chi connectivity index (χ0v) is 11.8. The van der Waals surface area contributed by atoms with Crippen LogP contribution < -0.4 is 10.1 Å². The maximum Gasteiger partial charge on any atom is 0.264 e. The number of phenolic OH excluding ortho intramolecular Hbond substituents is 1. The fraction of sp³-hybridized carbons (Fsp3) is 0.333. The number of piperazine rings is 1. The molecule has 0 bridgehead atoms. The third kappa shape index (κ3) is 3.52. The van der Waals surface area contributed by atoms with Gasteiger partial charge in [-0.1, -0.05) is 6.07 Å². The lowest BCUT2D eigenvalue weighted by molar-refractivity contribution is -0.127. The van der Waals surface area contributed by atoms with E-state index in [0.29, 0.717) is 24.4 Å². The van der Waals surface area contributed by atoms with Gasteiger partial charge in [0.1, 0.15) is 11.6 Å². The molecule has 0 aromatic heterocycles. The highest BCUT2D eigenvalue weighted by Crippen LogP contribution is 2.27. The molecule has 6 nitrogen and oxygen atoms in total. The quantitative estimate of drug-likeness (QED) is 0.632. The second-order valence-corrected chi connectivity index (χ2v) is 4.64. The fourth-order valence-electron chi connectivity index (χ4n) is 2.13. The number of benzene rings is 1. The van der Waals surface area contributed by atoms with Crippen LogP contribution in [0.25, 0.3) is 6.08 Å². The van der Waals surface area contributed by atoms with E-state index < -0.39 is 0 Å². The van der Waals surface area contributed by atoms with E-state index >= 15 is 0 Å². The molecule has 0 aliphatic carbocycles. The van der Waals surface area contributed by atoms with Crippen molar-refractivity contribution >= 4 is 12.0 Å². The number of ether oxygens (including phenoxy) is 1. The van der Waals surface area contributed by atoms with Crippen LogP contribution in [-0.4, -0.2) is 49.2 Å². The van der Waals surface area contributed by atoms with Gasteiger partial charge in [0.25, 0.3) is 5.91 Å². The number of nitriles is 1. The van der Waals surface area contributed by atoms with Crippen molar-refractivity contribution in [1.29, 1.82) is 5.26 Å². The van der Waals surface area contributed by atoms with Crippen molar-refractivity contribution < 1.29 is 14.6 Å². The van der Waals surface area contributed by atoms with Gasteiger partial charge in [-0.2, -0.15) is 5.26 Å². The van der Waals surface area contributed by atoms with Crippen LogP contribution in [0.15, 0.2) is 23.8 Å². The zero-order valence-electron chi connectivity index (χ0n) is 11.8. The molecule has 1 aromatic carbocycles. The Labute approximate surface area is 123 Å². The first-order chi connectivity index (χ1) is 10.2. The first kappa shape index (κ1) is 14.9. The van der Waals surface area contributed by atoms with Gasteiger partial charge in [0, 0.05) is 26.2 Å². The molecular weight excluding hydrogens is 270 g/mol. The smallest absolute Gasteiger partial charge is 0.264 e. The Morgan fingerprint density at radius 1 is 1.48 bits per heavy atom. The van der Waals surface area contributed by atoms with Gasteiger partial charge in [-0.25, -0.2) is 0 Å².